The number of halogens is 1. The van der Waals surface area contributed by atoms with E-state index < -0.39 is 6.04 Å². The van der Waals surface area contributed by atoms with Crippen molar-refractivity contribution in [3.05, 3.63) is 69.1 Å². The predicted octanol–water partition coefficient (Wildman–Crippen LogP) is 6.41. The van der Waals surface area contributed by atoms with E-state index in [4.69, 9.17) is 9.47 Å². The Morgan fingerprint density at radius 3 is 2.73 bits per heavy atom. The van der Waals surface area contributed by atoms with Crippen molar-refractivity contribution in [3.8, 4) is 11.5 Å². The highest BCUT2D eigenvalue weighted by Crippen LogP contribution is 2.43. The fraction of sp³-hybridized carbons (Fsp3) is 0.393. The molecule has 1 aromatic heterocycles. The highest BCUT2D eigenvalue weighted by molar-refractivity contribution is 9.10. The van der Waals surface area contributed by atoms with Gasteiger partial charge in [-0.15, -0.1) is 0 Å². The van der Waals surface area contributed by atoms with Gasteiger partial charge in [0.15, 0.2) is 11.5 Å². The largest absolute Gasteiger partial charge is 0.490 e. The van der Waals surface area contributed by atoms with Crippen LogP contribution in [0.3, 0.4) is 0 Å². The second-order valence-electron chi connectivity index (χ2n) is 9.59. The molecule has 1 aliphatic heterocycles. The molecule has 0 bridgehead atoms. The van der Waals surface area contributed by atoms with Crippen LogP contribution in [0.15, 0.2) is 52.4 Å². The van der Waals surface area contributed by atoms with E-state index in [0.29, 0.717) is 47.8 Å². The van der Waals surface area contributed by atoms with Gasteiger partial charge in [0.1, 0.15) is 12.4 Å². The molecule has 8 nitrogen and oxygen atoms in total. The lowest BCUT2D eigenvalue weighted by atomic mass is 9.94. The van der Waals surface area contributed by atoms with Crippen LogP contribution < -0.4 is 20.1 Å². The predicted molar refractivity (Wildman–Crippen MR) is 149 cm³/mol. The van der Waals surface area contributed by atoms with Crippen LogP contribution in [0.2, 0.25) is 0 Å². The van der Waals surface area contributed by atoms with E-state index in [-0.39, 0.29) is 5.91 Å². The van der Waals surface area contributed by atoms with Crippen molar-refractivity contribution in [1.82, 2.24) is 14.8 Å². The molecule has 0 radical (unpaired) electrons. The van der Waals surface area contributed by atoms with Crippen LogP contribution in [0.25, 0.3) is 0 Å². The van der Waals surface area contributed by atoms with Crippen molar-refractivity contribution >= 4 is 33.5 Å². The maximum atomic E-state index is 13.8. The first-order valence-corrected chi connectivity index (χ1v) is 13.3. The number of benzene rings is 2. The summed E-state index contributed by atoms with van der Waals surface area (Å²) in [5.41, 5.74) is 4.99. The molecule has 1 unspecified atom stereocenters. The minimum atomic E-state index is -0.524. The molecule has 37 heavy (non-hydrogen) atoms. The summed E-state index contributed by atoms with van der Waals surface area (Å²) in [5.74, 6) is 2.15. The second-order valence-corrected chi connectivity index (χ2v) is 10.4. The van der Waals surface area contributed by atoms with Gasteiger partial charge >= 0.3 is 0 Å². The molecule has 9 heteroatoms. The Hall–Kier alpha value is -3.33. The molecule has 196 valence electrons. The van der Waals surface area contributed by atoms with Gasteiger partial charge in [0.2, 0.25) is 5.95 Å². The molecule has 2 heterocycles. The summed E-state index contributed by atoms with van der Waals surface area (Å²) in [4.78, 5) is 18.1. The van der Waals surface area contributed by atoms with Gasteiger partial charge in [0.25, 0.3) is 5.91 Å². The average molecular weight is 569 g/mol. The molecule has 0 saturated carbocycles. The van der Waals surface area contributed by atoms with Gasteiger partial charge in [0, 0.05) is 11.4 Å². The molecule has 2 N–H and O–H groups in total. The maximum absolute atomic E-state index is 13.8. The normalized spacial score (nSPS) is 14.9. The Balaban J connectivity index is 1.77. The van der Waals surface area contributed by atoms with Crippen LogP contribution in [-0.4, -0.2) is 33.9 Å². The van der Waals surface area contributed by atoms with Crippen molar-refractivity contribution in [2.45, 2.75) is 54.0 Å². The third kappa shape index (κ3) is 5.66. The van der Waals surface area contributed by atoms with Gasteiger partial charge in [-0.3, -0.25) is 4.79 Å². The van der Waals surface area contributed by atoms with E-state index in [9.17, 15) is 4.79 Å². The second kappa shape index (κ2) is 11.4. The molecule has 0 fully saturated rings. The molecule has 0 saturated heterocycles. The lowest BCUT2D eigenvalue weighted by Gasteiger charge is -2.29. The van der Waals surface area contributed by atoms with Crippen molar-refractivity contribution in [2.24, 2.45) is 5.92 Å². The van der Waals surface area contributed by atoms with Crippen molar-refractivity contribution in [2.75, 3.05) is 23.8 Å². The van der Waals surface area contributed by atoms with Crippen LogP contribution in [0.1, 0.15) is 56.8 Å². The van der Waals surface area contributed by atoms with Crippen LogP contribution in [-0.2, 0) is 4.79 Å². The highest BCUT2D eigenvalue weighted by Gasteiger charge is 2.34. The first kappa shape index (κ1) is 26.7. The lowest BCUT2D eigenvalue weighted by molar-refractivity contribution is -0.113. The monoisotopic (exact) mass is 567 g/mol. The van der Waals surface area contributed by atoms with Gasteiger partial charge in [-0.25, -0.2) is 4.68 Å². The molecule has 2 aromatic carbocycles. The quantitative estimate of drug-likeness (QED) is 0.310. The van der Waals surface area contributed by atoms with Gasteiger partial charge in [-0.05, 0) is 90.9 Å². The number of aromatic nitrogens is 3. The maximum Gasteiger partial charge on any atom is 0.255 e. The van der Waals surface area contributed by atoms with E-state index in [2.05, 4.69) is 50.5 Å². The van der Waals surface area contributed by atoms with Gasteiger partial charge in [-0.2, -0.15) is 10.1 Å². The van der Waals surface area contributed by atoms with Crippen molar-refractivity contribution < 1.29 is 14.3 Å². The molecular weight excluding hydrogens is 534 g/mol. The zero-order chi connectivity index (χ0) is 26.7. The van der Waals surface area contributed by atoms with Gasteiger partial charge in [0.05, 0.1) is 23.3 Å². The Kier molecular flexibility index (Phi) is 8.22. The SMILES string of the molecule is CCOc1cc(C2C(C(=O)Nc3cccc(C)c3C)=C(C)Nc3ncnn32)cc(Br)c1OCCC(C)C. The summed E-state index contributed by atoms with van der Waals surface area (Å²) in [6.45, 7) is 13.2. The lowest BCUT2D eigenvalue weighted by Crippen LogP contribution is -2.31. The number of fused-ring (bicyclic) bond motifs is 1. The number of hydrogen-bond donors (Lipinski definition) is 2. The molecule has 0 aliphatic carbocycles. The third-order valence-electron chi connectivity index (χ3n) is 6.48. The molecule has 0 spiro atoms. The molecule has 1 aliphatic rings. The van der Waals surface area contributed by atoms with E-state index in [1.54, 1.807) is 4.68 Å². The van der Waals surface area contributed by atoms with Crippen LogP contribution in [0.4, 0.5) is 11.6 Å². The summed E-state index contributed by atoms with van der Waals surface area (Å²) < 4.78 is 14.6. The van der Waals surface area contributed by atoms with Crippen LogP contribution in [0.5, 0.6) is 11.5 Å². The standard InChI is InChI=1S/C28H34BrN5O3/c1-7-36-23-14-20(13-21(29)26(23)37-12-11-16(2)3)25-24(19(6)32-28-30-15-31-34(25)28)27(35)33-22-10-8-9-17(4)18(22)5/h8-10,13-16,25H,7,11-12H2,1-6H3,(H,33,35)(H,30,31,32). The summed E-state index contributed by atoms with van der Waals surface area (Å²) in [5, 5.41) is 10.8. The topological polar surface area (TPSA) is 90.3 Å². The average Bonchev–Trinajstić information content (AvgIpc) is 3.30. The van der Waals surface area contributed by atoms with E-state index in [1.807, 2.05) is 58.0 Å². The van der Waals surface area contributed by atoms with Gasteiger partial charge < -0.3 is 20.1 Å². The number of ether oxygens (including phenoxy) is 2. The van der Waals surface area contributed by atoms with E-state index in [0.717, 1.165) is 33.3 Å². The van der Waals surface area contributed by atoms with Gasteiger partial charge in [-0.1, -0.05) is 26.0 Å². The summed E-state index contributed by atoms with van der Waals surface area (Å²) >= 11 is 3.69. The number of carbonyl (C=O) groups excluding carboxylic acids is 1. The zero-order valence-electron chi connectivity index (χ0n) is 22.2. The number of nitrogens with one attached hydrogen (secondary N) is 2. The number of carbonyl (C=O) groups is 1. The molecule has 1 amide bonds. The number of aryl methyl sites for hydroxylation is 1. The summed E-state index contributed by atoms with van der Waals surface area (Å²) in [7, 11) is 0. The fourth-order valence-electron chi connectivity index (χ4n) is 4.31. The Labute approximate surface area is 226 Å². The third-order valence-corrected chi connectivity index (χ3v) is 7.07. The summed E-state index contributed by atoms with van der Waals surface area (Å²) in [6.07, 6.45) is 2.41. The molecule has 1 atom stereocenters. The summed E-state index contributed by atoms with van der Waals surface area (Å²) in [6, 6.07) is 9.25. The minimum Gasteiger partial charge on any atom is -0.490 e. The molecular formula is C28H34BrN5O3. The number of nitrogens with zero attached hydrogens (tertiary/aromatic N) is 3. The number of allylic oxidation sites excluding steroid dienone is 1. The Morgan fingerprint density at radius 1 is 1.22 bits per heavy atom. The minimum absolute atomic E-state index is 0.212. The number of amides is 1. The first-order valence-electron chi connectivity index (χ1n) is 12.5. The van der Waals surface area contributed by atoms with E-state index >= 15 is 0 Å². The smallest absolute Gasteiger partial charge is 0.255 e. The Morgan fingerprint density at radius 2 is 2.00 bits per heavy atom. The van der Waals surface area contributed by atoms with E-state index in [1.165, 1.54) is 6.33 Å². The van der Waals surface area contributed by atoms with Crippen molar-refractivity contribution in [3.63, 3.8) is 0 Å². The number of hydrogen-bond acceptors (Lipinski definition) is 6. The van der Waals surface area contributed by atoms with Crippen molar-refractivity contribution in [1.29, 1.82) is 0 Å². The number of anilines is 2. The fourth-order valence-corrected chi connectivity index (χ4v) is 4.89. The molecule has 3 aromatic rings. The van der Waals surface area contributed by atoms with Crippen LogP contribution >= 0.6 is 15.9 Å². The van der Waals surface area contributed by atoms with Crippen LogP contribution in [0, 0.1) is 19.8 Å². The Bertz CT molecular complexity index is 1330. The number of rotatable bonds is 9. The zero-order valence-corrected chi connectivity index (χ0v) is 23.8. The molecule has 4 rings (SSSR count). The highest BCUT2D eigenvalue weighted by atomic mass is 79.9. The first-order chi connectivity index (χ1) is 17.7.